The Bertz CT molecular complexity index is 525. The first kappa shape index (κ1) is 12.1. The Labute approximate surface area is 109 Å². The highest BCUT2D eigenvalue weighted by Gasteiger charge is 2.15. The van der Waals surface area contributed by atoms with Gasteiger partial charge < -0.3 is 10.8 Å². The number of aryl methyl sites for hydroxylation is 1. The number of phenolic OH excluding ortho intramolecular Hbond substituents is 1. The summed E-state index contributed by atoms with van der Waals surface area (Å²) in [6.07, 6.45) is 0. The van der Waals surface area contributed by atoms with E-state index in [1.165, 1.54) is 0 Å². The lowest BCUT2D eigenvalue weighted by molar-refractivity contribution is 0.461. The van der Waals surface area contributed by atoms with E-state index in [1.54, 1.807) is 0 Å². The van der Waals surface area contributed by atoms with Gasteiger partial charge in [0.25, 0.3) is 0 Å². The summed E-state index contributed by atoms with van der Waals surface area (Å²) in [5, 5.41) is 10.0. The molecule has 88 valence electrons. The summed E-state index contributed by atoms with van der Waals surface area (Å²) >= 11 is 3.33. The van der Waals surface area contributed by atoms with Crippen molar-refractivity contribution < 1.29 is 5.11 Å². The molecule has 2 nitrogen and oxygen atoms in total. The Morgan fingerprint density at radius 1 is 1.18 bits per heavy atom. The molecule has 0 saturated carbocycles. The summed E-state index contributed by atoms with van der Waals surface area (Å²) in [7, 11) is 0. The molecule has 2 aromatic rings. The van der Waals surface area contributed by atoms with Crippen molar-refractivity contribution in [3.63, 3.8) is 0 Å². The lowest BCUT2D eigenvalue weighted by Gasteiger charge is -2.15. The van der Waals surface area contributed by atoms with Gasteiger partial charge in [-0.1, -0.05) is 36.4 Å². The molecule has 3 N–H and O–H groups in total. The molecule has 0 heterocycles. The monoisotopic (exact) mass is 291 g/mol. The number of hydrogen-bond acceptors (Lipinski definition) is 2. The topological polar surface area (TPSA) is 46.2 Å². The molecule has 0 saturated heterocycles. The third kappa shape index (κ3) is 2.51. The number of hydrogen-bond donors (Lipinski definition) is 2. The largest absolute Gasteiger partial charge is 0.506 e. The fourth-order valence-electron chi connectivity index (χ4n) is 1.84. The Kier molecular flexibility index (Phi) is 3.50. The molecule has 0 aliphatic carbocycles. The van der Waals surface area contributed by atoms with Crippen LogP contribution in [0.3, 0.4) is 0 Å². The predicted octanol–water partition coefficient (Wildman–Crippen LogP) is 3.51. The normalized spacial score (nSPS) is 12.4. The van der Waals surface area contributed by atoms with Gasteiger partial charge in [0.2, 0.25) is 0 Å². The van der Waals surface area contributed by atoms with Gasteiger partial charge in [-0.2, -0.15) is 0 Å². The molecular formula is C14H14BrNO. The molecule has 0 amide bonds. The summed E-state index contributed by atoms with van der Waals surface area (Å²) in [6.45, 7) is 1.98. The maximum absolute atomic E-state index is 10.0. The van der Waals surface area contributed by atoms with Crippen molar-refractivity contribution in [2.75, 3.05) is 0 Å². The van der Waals surface area contributed by atoms with Gasteiger partial charge in [0.1, 0.15) is 5.75 Å². The average Bonchev–Trinajstić information content (AvgIpc) is 2.34. The number of halogens is 1. The van der Waals surface area contributed by atoms with Crippen LogP contribution in [0.1, 0.15) is 22.7 Å². The van der Waals surface area contributed by atoms with Crippen LogP contribution in [0.15, 0.2) is 46.9 Å². The van der Waals surface area contributed by atoms with Gasteiger partial charge in [0, 0.05) is 5.56 Å². The summed E-state index contributed by atoms with van der Waals surface area (Å²) in [6, 6.07) is 13.2. The fourth-order valence-corrected chi connectivity index (χ4v) is 2.43. The quantitative estimate of drug-likeness (QED) is 0.889. The summed E-state index contributed by atoms with van der Waals surface area (Å²) < 4.78 is 0.680. The van der Waals surface area contributed by atoms with Crippen LogP contribution in [-0.2, 0) is 0 Å². The van der Waals surface area contributed by atoms with E-state index in [0.717, 1.165) is 16.7 Å². The Hall–Kier alpha value is -1.32. The second-order valence-electron chi connectivity index (χ2n) is 4.07. The van der Waals surface area contributed by atoms with E-state index in [1.807, 2.05) is 49.4 Å². The Balaban J connectivity index is 2.48. The molecule has 2 rings (SSSR count). The first-order chi connectivity index (χ1) is 8.09. The van der Waals surface area contributed by atoms with Crippen LogP contribution in [0.5, 0.6) is 5.75 Å². The number of aromatic hydroxyl groups is 1. The zero-order chi connectivity index (χ0) is 12.4. The van der Waals surface area contributed by atoms with Crippen molar-refractivity contribution in [3.8, 4) is 5.75 Å². The minimum absolute atomic E-state index is 0.215. The highest BCUT2D eigenvalue weighted by molar-refractivity contribution is 9.10. The molecule has 1 unspecified atom stereocenters. The maximum atomic E-state index is 10.0. The molecular weight excluding hydrogens is 278 g/mol. The minimum Gasteiger partial charge on any atom is -0.506 e. The van der Waals surface area contributed by atoms with E-state index in [2.05, 4.69) is 15.9 Å². The van der Waals surface area contributed by atoms with E-state index in [0.29, 0.717) is 4.47 Å². The van der Waals surface area contributed by atoms with Crippen LogP contribution in [0.25, 0.3) is 0 Å². The van der Waals surface area contributed by atoms with Gasteiger partial charge in [0.15, 0.2) is 0 Å². The molecule has 0 fully saturated rings. The molecule has 3 heteroatoms. The number of nitrogens with two attached hydrogens (primary N) is 1. The first-order valence-electron chi connectivity index (χ1n) is 5.39. The molecule has 0 aliphatic rings. The lowest BCUT2D eigenvalue weighted by atomic mass is 9.97. The van der Waals surface area contributed by atoms with Crippen molar-refractivity contribution in [1.29, 1.82) is 0 Å². The standard InChI is InChI=1S/C14H14BrNO/c1-9-7-11(14(17)12(15)8-9)13(16)10-5-3-2-4-6-10/h2-8,13,17H,16H2,1H3. The Morgan fingerprint density at radius 2 is 1.82 bits per heavy atom. The molecule has 1 atom stereocenters. The van der Waals surface area contributed by atoms with Gasteiger partial charge >= 0.3 is 0 Å². The van der Waals surface area contributed by atoms with Crippen molar-refractivity contribution in [3.05, 3.63) is 63.6 Å². The fraction of sp³-hybridized carbons (Fsp3) is 0.143. The molecule has 0 aliphatic heterocycles. The van der Waals surface area contributed by atoms with E-state index >= 15 is 0 Å². The molecule has 0 aromatic heterocycles. The number of phenols is 1. The van der Waals surface area contributed by atoms with Gasteiger partial charge in [0.05, 0.1) is 10.5 Å². The summed E-state index contributed by atoms with van der Waals surface area (Å²) in [5.41, 5.74) is 8.97. The Morgan fingerprint density at radius 3 is 2.47 bits per heavy atom. The van der Waals surface area contributed by atoms with Crippen LogP contribution in [0, 0.1) is 6.92 Å². The third-order valence-corrected chi connectivity index (χ3v) is 3.34. The van der Waals surface area contributed by atoms with E-state index in [4.69, 9.17) is 5.73 Å². The number of benzene rings is 2. The van der Waals surface area contributed by atoms with Crippen molar-refractivity contribution >= 4 is 15.9 Å². The van der Waals surface area contributed by atoms with Crippen LogP contribution < -0.4 is 5.73 Å². The van der Waals surface area contributed by atoms with Gasteiger partial charge in [-0.05, 0) is 40.0 Å². The molecule has 0 radical (unpaired) electrons. The average molecular weight is 292 g/mol. The smallest absolute Gasteiger partial charge is 0.134 e. The van der Waals surface area contributed by atoms with Crippen LogP contribution in [0.4, 0.5) is 0 Å². The molecule has 17 heavy (non-hydrogen) atoms. The van der Waals surface area contributed by atoms with Crippen molar-refractivity contribution in [2.24, 2.45) is 5.73 Å². The maximum Gasteiger partial charge on any atom is 0.134 e. The number of rotatable bonds is 2. The van der Waals surface area contributed by atoms with Gasteiger partial charge in [-0.25, -0.2) is 0 Å². The molecule has 0 bridgehead atoms. The van der Waals surface area contributed by atoms with Crippen LogP contribution in [0.2, 0.25) is 0 Å². The van der Waals surface area contributed by atoms with Gasteiger partial charge in [-0.15, -0.1) is 0 Å². The van der Waals surface area contributed by atoms with Crippen molar-refractivity contribution in [2.45, 2.75) is 13.0 Å². The van der Waals surface area contributed by atoms with Crippen LogP contribution in [-0.4, -0.2) is 5.11 Å². The van der Waals surface area contributed by atoms with E-state index < -0.39 is 0 Å². The molecule has 2 aromatic carbocycles. The third-order valence-electron chi connectivity index (χ3n) is 2.73. The summed E-state index contributed by atoms with van der Waals surface area (Å²) in [5.74, 6) is 0.215. The minimum atomic E-state index is -0.313. The second-order valence-corrected chi connectivity index (χ2v) is 4.93. The van der Waals surface area contributed by atoms with Gasteiger partial charge in [-0.3, -0.25) is 0 Å². The van der Waals surface area contributed by atoms with Crippen LogP contribution >= 0.6 is 15.9 Å². The summed E-state index contributed by atoms with van der Waals surface area (Å²) in [4.78, 5) is 0. The first-order valence-corrected chi connectivity index (χ1v) is 6.18. The van der Waals surface area contributed by atoms with E-state index in [-0.39, 0.29) is 11.8 Å². The van der Waals surface area contributed by atoms with E-state index in [9.17, 15) is 5.11 Å². The zero-order valence-electron chi connectivity index (χ0n) is 9.52. The zero-order valence-corrected chi connectivity index (χ0v) is 11.1. The highest BCUT2D eigenvalue weighted by Crippen LogP contribution is 2.34. The van der Waals surface area contributed by atoms with Crippen molar-refractivity contribution in [1.82, 2.24) is 0 Å². The lowest BCUT2D eigenvalue weighted by Crippen LogP contribution is -2.12. The predicted molar refractivity (Wildman–Crippen MR) is 73.0 cm³/mol. The highest BCUT2D eigenvalue weighted by atomic mass is 79.9. The second kappa shape index (κ2) is 4.90. The molecule has 0 spiro atoms. The SMILES string of the molecule is Cc1cc(Br)c(O)c(C(N)c2ccccc2)c1.